The van der Waals surface area contributed by atoms with Crippen LogP contribution in [0, 0.1) is 0 Å². The predicted molar refractivity (Wildman–Crippen MR) is 162 cm³/mol. The minimum Gasteiger partial charge on any atom is -0.454 e. The molecule has 1 saturated heterocycles. The molecule has 3 aromatic rings. The zero-order valence-electron chi connectivity index (χ0n) is 24.2. The largest absolute Gasteiger partial charge is 0.454 e. The Hall–Kier alpha value is -3.65. The van der Waals surface area contributed by atoms with Crippen molar-refractivity contribution in [3.63, 3.8) is 0 Å². The second-order valence-corrected chi connectivity index (χ2v) is 13.5. The highest BCUT2D eigenvalue weighted by Crippen LogP contribution is 2.47. The molecule has 3 aliphatic rings. The van der Waals surface area contributed by atoms with Crippen molar-refractivity contribution in [2.24, 2.45) is 0 Å². The summed E-state index contributed by atoms with van der Waals surface area (Å²) in [5.41, 5.74) is 6.10. The molecule has 1 aromatic heterocycles. The number of amides is 2. The fourth-order valence-electron chi connectivity index (χ4n) is 6.11. The van der Waals surface area contributed by atoms with Gasteiger partial charge in [-0.1, -0.05) is 39.8 Å². The van der Waals surface area contributed by atoms with E-state index in [-0.39, 0.29) is 29.4 Å². The highest BCUT2D eigenvalue weighted by molar-refractivity contribution is 7.10. The molecule has 1 N–H and O–H groups in total. The number of thiazole rings is 1. The van der Waals surface area contributed by atoms with Crippen molar-refractivity contribution in [2.45, 2.75) is 70.1 Å². The minimum absolute atomic E-state index is 0.149. The maximum absolute atomic E-state index is 12.8. The molecule has 0 atom stereocenters. The number of fused-ring (bicyclic) bond motifs is 2. The monoisotopic (exact) mass is 571 g/mol. The Morgan fingerprint density at radius 3 is 2.46 bits per heavy atom. The van der Waals surface area contributed by atoms with Gasteiger partial charge in [0, 0.05) is 53.9 Å². The number of rotatable bonds is 5. The first-order valence-electron chi connectivity index (χ1n) is 14.4. The molecule has 7 nitrogen and oxygen atoms in total. The number of carbonyl (C=O) groups is 2. The average molecular weight is 572 g/mol. The first-order valence-corrected chi connectivity index (χ1v) is 15.3. The minimum atomic E-state index is -0.364. The smallest absolute Gasteiger partial charge is 0.248 e. The van der Waals surface area contributed by atoms with Gasteiger partial charge in [0.25, 0.3) is 0 Å². The quantitative estimate of drug-likeness (QED) is 0.341. The lowest BCUT2D eigenvalue weighted by Crippen LogP contribution is -2.37. The van der Waals surface area contributed by atoms with Crippen molar-refractivity contribution >= 4 is 28.8 Å². The number of aromatic nitrogens is 1. The number of hydrogen-bond donors (Lipinski definition) is 1. The van der Waals surface area contributed by atoms with Crippen molar-refractivity contribution in [1.82, 2.24) is 9.88 Å². The zero-order chi connectivity index (χ0) is 28.8. The van der Waals surface area contributed by atoms with Crippen LogP contribution in [0.4, 0.5) is 5.69 Å². The fraction of sp³-hybridized carbons (Fsp3) is 0.424. The standard InChI is InChI=1S/C33H37N3O4S/c1-32(2)13-14-33(3,4)25-17-22(5-7-24(25)32)26-19-41-31(35-26)21-11-15-36(16-12-21)30(38)10-9-29(37)34-23-6-8-27-28(18-23)40-20-39-27/h5-10,17-19,21H,11-16,20H2,1-4H3,(H,34,37). The van der Waals surface area contributed by atoms with Gasteiger partial charge in [0.05, 0.1) is 10.7 Å². The number of nitrogens with one attached hydrogen (secondary N) is 1. The SMILES string of the molecule is CC1(C)CCC(C)(C)c2cc(-c3csc(C4CCN(C(=O)C=CC(=O)Nc5ccc6c(c5)OCO6)CC4)n3)ccc21. The lowest BCUT2D eigenvalue weighted by atomic mass is 9.63. The molecule has 0 spiro atoms. The lowest BCUT2D eigenvalue weighted by Gasteiger charge is -2.42. The summed E-state index contributed by atoms with van der Waals surface area (Å²) in [6, 6.07) is 12.1. The highest BCUT2D eigenvalue weighted by atomic mass is 32.1. The Bertz CT molecular complexity index is 1510. The summed E-state index contributed by atoms with van der Waals surface area (Å²) >= 11 is 1.72. The third kappa shape index (κ3) is 5.62. The summed E-state index contributed by atoms with van der Waals surface area (Å²) in [5, 5.41) is 6.08. The molecule has 1 aliphatic carbocycles. The molecule has 8 heteroatoms. The Morgan fingerprint density at radius 2 is 1.68 bits per heavy atom. The van der Waals surface area contributed by atoms with Gasteiger partial charge in [-0.15, -0.1) is 11.3 Å². The van der Waals surface area contributed by atoms with Crippen LogP contribution in [0.25, 0.3) is 11.3 Å². The molecular formula is C33H37N3O4S. The van der Waals surface area contributed by atoms with E-state index in [0.29, 0.717) is 36.2 Å². The van der Waals surface area contributed by atoms with Gasteiger partial charge in [0.15, 0.2) is 11.5 Å². The van der Waals surface area contributed by atoms with Crippen LogP contribution in [0.15, 0.2) is 53.9 Å². The van der Waals surface area contributed by atoms with Crippen molar-refractivity contribution < 1.29 is 19.1 Å². The summed E-state index contributed by atoms with van der Waals surface area (Å²) in [4.78, 5) is 32.0. The van der Waals surface area contributed by atoms with Gasteiger partial charge in [0.2, 0.25) is 18.6 Å². The molecule has 1 fully saturated rings. The van der Waals surface area contributed by atoms with Crippen molar-refractivity contribution in [2.75, 3.05) is 25.2 Å². The van der Waals surface area contributed by atoms with E-state index in [0.717, 1.165) is 23.5 Å². The maximum Gasteiger partial charge on any atom is 0.248 e. The van der Waals surface area contributed by atoms with E-state index in [2.05, 4.69) is 56.6 Å². The summed E-state index contributed by atoms with van der Waals surface area (Å²) in [6.45, 7) is 10.9. The Balaban J connectivity index is 1.05. The molecule has 0 bridgehead atoms. The van der Waals surface area contributed by atoms with Crippen LogP contribution in [0.1, 0.15) is 75.4 Å². The van der Waals surface area contributed by atoms with Gasteiger partial charge in [-0.05, 0) is 65.8 Å². The predicted octanol–water partition coefficient (Wildman–Crippen LogP) is 6.79. The number of piperidine rings is 1. The Labute approximate surface area is 245 Å². The van der Waals surface area contributed by atoms with Crippen LogP contribution < -0.4 is 14.8 Å². The molecule has 3 heterocycles. The third-order valence-electron chi connectivity index (χ3n) is 8.84. The summed E-state index contributed by atoms with van der Waals surface area (Å²) in [6.07, 6.45) is 6.76. The van der Waals surface area contributed by atoms with Crippen LogP contribution in [0.5, 0.6) is 11.5 Å². The molecule has 0 radical (unpaired) electrons. The van der Waals surface area contributed by atoms with Crippen LogP contribution in [-0.2, 0) is 20.4 Å². The molecule has 2 amide bonds. The van der Waals surface area contributed by atoms with Gasteiger partial charge < -0.3 is 19.7 Å². The van der Waals surface area contributed by atoms with Gasteiger partial charge in [-0.2, -0.15) is 0 Å². The second-order valence-electron chi connectivity index (χ2n) is 12.6. The van der Waals surface area contributed by atoms with Crippen molar-refractivity contribution in [3.8, 4) is 22.8 Å². The number of hydrogen-bond acceptors (Lipinski definition) is 6. The highest BCUT2D eigenvalue weighted by Gasteiger charge is 2.37. The van der Waals surface area contributed by atoms with Gasteiger partial charge in [-0.3, -0.25) is 9.59 Å². The molecule has 0 unspecified atom stereocenters. The van der Waals surface area contributed by atoms with Crippen LogP contribution >= 0.6 is 11.3 Å². The topological polar surface area (TPSA) is 80.8 Å². The summed E-state index contributed by atoms with van der Waals surface area (Å²) in [7, 11) is 0. The van der Waals surface area contributed by atoms with Gasteiger partial charge in [-0.25, -0.2) is 4.98 Å². The van der Waals surface area contributed by atoms with Crippen LogP contribution in [0.2, 0.25) is 0 Å². The number of carbonyl (C=O) groups excluding carboxylic acids is 2. The molecule has 2 aliphatic heterocycles. The normalized spacial score (nSPS) is 19.3. The van der Waals surface area contributed by atoms with Gasteiger partial charge in [0.1, 0.15) is 0 Å². The molecule has 214 valence electrons. The van der Waals surface area contributed by atoms with E-state index in [1.807, 2.05) is 4.90 Å². The second kappa shape index (κ2) is 10.6. The lowest BCUT2D eigenvalue weighted by molar-refractivity contribution is -0.127. The molecule has 41 heavy (non-hydrogen) atoms. The third-order valence-corrected chi connectivity index (χ3v) is 9.85. The van der Waals surface area contributed by atoms with E-state index >= 15 is 0 Å². The zero-order valence-corrected chi connectivity index (χ0v) is 25.0. The van der Waals surface area contributed by atoms with Crippen LogP contribution in [0.3, 0.4) is 0 Å². The molecule has 0 saturated carbocycles. The van der Waals surface area contributed by atoms with Gasteiger partial charge >= 0.3 is 0 Å². The number of anilines is 1. The van der Waals surface area contributed by atoms with E-state index < -0.39 is 0 Å². The number of ether oxygens (including phenoxy) is 2. The molecular weight excluding hydrogens is 534 g/mol. The molecule has 2 aromatic carbocycles. The average Bonchev–Trinajstić information content (AvgIpc) is 3.64. The van der Waals surface area contributed by atoms with Crippen LogP contribution in [-0.4, -0.2) is 41.6 Å². The van der Waals surface area contributed by atoms with E-state index in [9.17, 15) is 9.59 Å². The van der Waals surface area contributed by atoms with E-state index in [1.165, 1.54) is 41.7 Å². The Kier molecular flexibility index (Phi) is 7.14. The summed E-state index contributed by atoms with van der Waals surface area (Å²) < 4.78 is 10.6. The first-order chi connectivity index (χ1) is 19.6. The Morgan fingerprint density at radius 1 is 0.951 bits per heavy atom. The first kappa shape index (κ1) is 27.5. The van der Waals surface area contributed by atoms with Crippen molar-refractivity contribution in [3.05, 3.63) is 70.1 Å². The number of nitrogens with zero attached hydrogens (tertiary/aromatic N) is 2. The number of benzene rings is 2. The molecule has 6 rings (SSSR count). The van der Waals surface area contributed by atoms with Crippen molar-refractivity contribution in [1.29, 1.82) is 0 Å². The number of likely N-dealkylation sites (tertiary alicyclic amines) is 1. The van der Waals surface area contributed by atoms with E-state index in [4.69, 9.17) is 14.5 Å². The summed E-state index contributed by atoms with van der Waals surface area (Å²) in [5.74, 6) is 1.07. The fourth-order valence-corrected chi connectivity index (χ4v) is 7.11. The van der Waals surface area contributed by atoms with E-state index in [1.54, 1.807) is 29.5 Å². The maximum atomic E-state index is 12.8.